The predicted molar refractivity (Wildman–Crippen MR) is 132 cm³/mol. The third-order valence-electron chi connectivity index (χ3n) is 7.44. The van der Waals surface area contributed by atoms with Crippen LogP contribution in [0.25, 0.3) is 11.0 Å². The Bertz CT molecular complexity index is 1340. The van der Waals surface area contributed by atoms with E-state index >= 15 is 0 Å². The third-order valence-corrected chi connectivity index (χ3v) is 7.44. The van der Waals surface area contributed by atoms with Gasteiger partial charge in [-0.15, -0.1) is 0 Å². The fourth-order valence-corrected chi connectivity index (χ4v) is 5.76. The molecule has 4 N–H and O–H groups in total. The average molecular weight is 473 g/mol. The van der Waals surface area contributed by atoms with Gasteiger partial charge in [-0.25, -0.2) is 4.98 Å². The predicted octanol–water partition coefficient (Wildman–Crippen LogP) is 2.43. The second kappa shape index (κ2) is 8.37. The van der Waals surface area contributed by atoms with Crippen molar-refractivity contribution >= 4 is 40.3 Å². The van der Waals surface area contributed by atoms with E-state index in [1.807, 2.05) is 36.2 Å². The molecule has 0 unspecified atom stereocenters. The number of anilines is 3. The van der Waals surface area contributed by atoms with Gasteiger partial charge < -0.3 is 21.3 Å². The summed E-state index contributed by atoms with van der Waals surface area (Å²) in [7, 11) is 1.84. The van der Waals surface area contributed by atoms with E-state index in [9.17, 15) is 9.59 Å². The summed E-state index contributed by atoms with van der Waals surface area (Å²) in [6, 6.07) is 7.26. The van der Waals surface area contributed by atoms with Crippen molar-refractivity contribution in [1.82, 2.24) is 24.6 Å². The average Bonchev–Trinajstić information content (AvgIpc) is 3.64. The van der Waals surface area contributed by atoms with Gasteiger partial charge in [0.15, 0.2) is 5.82 Å². The van der Waals surface area contributed by atoms with Gasteiger partial charge in [-0.3, -0.25) is 14.3 Å². The minimum absolute atomic E-state index is 0.0407. The van der Waals surface area contributed by atoms with Crippen LogP contribution in [0.3, 0.4) is 0 Å². The molecule has 1 saturated carbocycles. The van der Waals surface area contributed by atoms with E-state index in [1.165, 1.54) is 0 Å². The first-order chi connectivity index (χ1) is 17.0. The Morgan fingerprint density at radius 2 is 1.91 bits per heavy atom. The number of rotatable bonds is 6. The molecule has 0 radical (unpaired) electrons. The first-order valence-corrected chi connectivity index (χ1v) is 12.1. The molecule has 2 amide bonds. The van der Waals surface area contributed by atoms with E-state index < -0.39 is 0 Å². The second-order valence-corrected chi connectivity index (χ2v) is 9.65. The smallest absolute Gasteiger partial charge is 0.253 e. The highest BCUT2D eigenvalue weighted by molar-refractivity contribution is 5.95. The summed E-state index contributed by atoms with van der Waals surface area (Å²) in [5, 5.41) is 11.1. The number of aromatic nitrogens is 4. The van der Waals surface area contributed by atoms with Crippen molar-refractivity contribution in [2.75, 3.05) is 23.7 Å². The molecule has 6 rings (SSSR count). The van der Waals surface area contributed by atoms with Crippen molar-refractivity contribution in [3.8, 4) is 0 Å². The van der Waals surface area contributed by atoms with Gasteiger partial charge in [-0.05, 0) is 49.3 Å². The molecular weight excluding hydrogens is 444 g/mol. The Kier molecular flexibility index (Phi) is 5.16. The Hall–Kier alpha value is -3.95. The van der Waals surface area contributed by atoms with Crippen LogP contribution in [0.2, 0.25) is 0 Å². The summed E-state index contributed by atoms with van der Waals surface area (Å²) in [6.45, 7) is 1.60. The maximum Gasteiger partial charge on any atom is 0.253 e. The number of aryl methyl sites for hydroxylation is 1. The monoisotopic (exact) mass is 472 g/mol. The number of nitrogens with one attached hydrogen (secondary N) is 2. The lowest BCUT2D eigenvalue weighted by atomic mass is 9.88. The zero-order valence-corrected chi connectivity index (χ0v) is 19.5. The molecule has 3 heterocycles. The molecule has 2 aliphatic carbocycles. The van der Waals surface area contributed by atoms with E-state index in [-0.39, 0.29) is 35.6 Å². The molecule has 3 aliphatic rings. The number of carbonyl (C=O) groups excluding carboxylic acids is 2. The zero-order chi connectivity index (χ0) is 24.1. The molecule has 2 aromatic heterocycles. The highest BCUT2D eigenvalue weighted by Gasteiger charge is 2.47. The number of hydrogen-bond acceptors (Lipinski definition) is 7. The van der Waals surface area contributed by atoms with Crippen LogP contribution in [0.1, 0.15) is 29.6 Å². The molecular formula is C25H28N8O2. The quantitative estimate of drug-likeness (QED) is 0.470. The van der Waals surface area contributed by atoms with Crippen LogP contribution >= 0.6 is 0 Å². The Balaban J connectivity index is 1.31. The lowest BCUT2D eigenvalue weighted by Crippen LogP contribution is -2.41. The summed E-state index contributed by atoms with van der Waals surface area (Å²) < 4.78 is 1.72. The summed E-state index contributed by atoms with van der Waals surface area (Å²) in [4.78, 5) is 36.3. The molecule has 10 nitrogen and oxygen atoms in total. The fourth-order valence-electron chi connectivity index (χ4n) is 5.76. The summed E-state index contributed by atoms with van der Waals surface area (Å²) in [5.74, 6) is 0.819. The lowest BCUT2D eigenvalue weighted by Gasteiger charge is -2.27. The first-order valence-electron chi connectivity index (χ1n) is 12.1. The van der Waals surface area contributed by atoms with Gasteiger partial charge >= 0.3 is 0 Å². The van der Waals surface area contributed by atoms with Gasteiger partial charge in [0, 0.05) is 37.4 Å². The number of primary amides is 1. The van der Waals surface area contributed by atoms with Crippen LogP contribution in [-0.4, -0.2) is 55.6 Å². The molecule has 2 fully saturated rings. The highest BCUT2D eigenvalue weighted by atomic mass is 16.2. The van der Waals surface area contributed by atoms with E-state index in [4.69, 9.17) is 10.7 Å². The molecule has 1 saturated heterocycles. The minimum Gasteiger partial charge on any atom is -0.369 e. The number of nitrogens with zero attached hydrogens (tertiary/aromatic N) is 5. The number of fused-ring (bicyclic) bond motifs is 3. The minimum atomic E-state index is -0.299. The molecule has 180 valence electrons. The molecule has 2 bridgehead atoms. The third kappa shape index (κ3) is 3.78. The number of nitrogens with two attached hydrogens (primary N) is 1. The maximum atomic E-state index is 12.8. The molecule has 4 atom stereocenters. The van der Waals surface area contributed by atoms with Crippen molar-refractivity contribution in [3.63, 3.8) is 0 Å². The molecule has 35 heavy (non-hydrogen) atoms. The van der Waals surface area contributed by atoms with Crippen molar-refractivity contribution in [2.45, 2.75) is 25.3 Å². The summed E-state index contributed by atoms with van der Waals surface area (Å²) >= 11 is 0. The van der Waals surface area contributed by atoms with Gasteiger partial charge in [-0.2, -0.15) is 10.1 Å². The topological polar surface area (TPSA) is 131 Å². The molecule has 10 heteroatoms. The van der Waals surface area contributed by atoms with E-state index in [0.717, 1.165) is 43.6 Å². The van der Waals surface area contributed by atoms with Crippen molar-refractivity contribution < 1.29 is 9.59 Å². The fraction of sp³-hybridized carbons (Fsp3) is 0.400. The van der Waals surface area contributed by atoms with Crippen molar-refractivity contribution in [2.24, 2.45) is 30.5 Å². The molecule has 3 aromatic rings. The lowest BCUT2D eigenvalue weighted by molar-refractivity contribution is -0.122. The standard InChI is InChI=1S/C25H28N8O2/c1-32-21-18(13-27-32)29-25(28-17-6-4-5-16(12-17)24(35)33-9-2-3-10-33)31-23(21)30-20-15-8-7-14(11-15)19(20)22(26)34/h4-8,12-15,19-20H,2-3,9-11H2,1H3,(H2,26,34)(H2,28,29,30,31)/t14-,15+,19+,20-/m1/s1. The van der Waals surface area contributed by atoms with Crippen LogP contribution in [0, 0.1) is 17.8 Å². The number of benzene rings is 1. The van der Waals surface area contributed by atoms with Gasteiger partial charge in [0.25, 0.3) is 5.91 Å². The van der Waals surface area contributed by atoms with Crippen molar-refractivity contribution in [3.05, 3.63) is 48.2 Å². The number of amides is 2. The number of carbonyl (C=O) groups is 2. The van der Waals surface area contributed by atoms with Gasteiger partial charge in [-0.1, -0.05) is 18.2 Å². The summed E-state index contributed by atoms with van der Waals surface area (Å²) in [6.07, 6.45) is 8.95. The largest absolute Gasteiger partial charge is 0.369 e. The van der Waals surface area contributed by atoms with Crippen LogP contribution in [0.5, 0.6) is 0 Å². The van der Waals surface area contributed by atoms with Gasteiger partial charge in [0.05, 0.1) is 12.1 Å². The van der Waals surface area contributed by atoms with Crippen LogP contribution in [0.15, 0.2) is 42.6 Å². The normalized spacial score (nSPS) is 24.9. The maximum absolute atomic E-state index is 12.8. The molecule has 1 aromatic carbocycles. The Labute approximate surface area is 202 Å². The first kappa shape index (κ1) is 21.6. The molecule has 0 spiro atoms. The van der Waals surface area contributed by atoms with Gasteiger partial charge in [0.2, 0.25) is 11.9 Å². The number of allylic oxidation sites excluding steroid dienone is 1. The number of hydrogen-bond donors (Lipinski definition) is 3. The van der Waals surface area contributed by atoms with Crippen LogP contribution < -0.4 is 16.4 Å². The van der Waals surface area contributed by atoms with Crippen LogP contribution in [-0.2, 0) is 11.8 Å². The van der Waals surface area contributed by atoms with Crippen LogP contribution in [0.4, 0.5) is 17.5 Å². The van der Waals surface area contributed by atoms with Crippen molar-refractivity contribution in [1.29, 1.82) is 0 Å². The van der Waals surface area contributed by atoms with E-state index in [2.05, 4.69) is 32.9 Å². The summed E-state index contributed by atoms with van der Waals surface area (Å²) in [5.41, 5.74) is 8.54. The SMILES string of the molecule is Cn1ncc2nc(Nc3cccc(C(=O)N4CCCC4)c3)nc(N[C@H]3[C@@H](C(N)=O)[C@@H]4C=C[C@H]3C4)c21. The Morgan fingerprint density at radius 3 is 2.71 bits per heavy atom. The second-order valence-electron chi connectivity index (χ2n) is 9.65. The zero-order valence-electron chi connectivity index (χ0n) is 19.5. The van der Waals surface area contributed by atoms with E-state index in [1.54, 1.807) is 10.9 Å². The van der Waals surface area contributed by atoms with E-state index in [0.29, 0.717) is 22.8 Å². The molecule has 1 aliphatic heterocycles. The van der Waals surface area contributed by atoms with Gasteiger partial charge in [0.1, 0.15) is 11.0 Å². The highest BCUT2D eigenvalue weighted by Crippen LogP contribution is 2.45. The Morgan fingerprint density at radius 1 is 1.11 bits per heavy atom. The number of likely N-dealkylation sites (tertiary alicyclic amines) is 1.